The highest BCUT2D eigenvalue weighted by molar-refractivity contribution is 5.73. The minimum atomic E-state index is -0.867. The summed E-state index contributed by atoms with van der Waals surface area (Å²) in [5.41, 5.74) is 5.58. The maximum absolute atomic E-state index is 10.7. The Balaban J connectivity index is 2.26. The van der Waals surface area contributed by atoms with Crippen molar-refractivity contribution < 1.29 is 9.90 Å². The number of rotatable bonds is 8. The van der Waals surface area contributed by atoms with E-state index in [0.717, 1.165) is 24.7 Å². The second-order valence-electron chi connectivity index (χ2n) is 5.47. The van der Waals surface area contributed by atoms with Crippen molar-refractivity contribution in [1.82, 2.24) is 0 Å². The molecule has 0 aromatic heterocycles. The lowest BCUT2D eigenvalue weighted by atomic mass is 9.86. The summed E-state index contributed by atoms with van der Waals surface area (Å²) in [6.07, 6.45) is 6.91. The molecule has 0 radical (unpaired) electrons. The molecular formula is C13H25NO2. The molecule has 1 saturated carbocycles. The summed E-state index contributed by atoms with van der Waals surface area (Å²) in [6.45, 7) is 4.41. The van der Waals surface area contributed by atoms with Crippen LogP contribution in [0.4, 0.5) is 0 Å². The number of hydrogen-bond donors (Lipinski definition) is 2. The molecule has 94 valence electrons. The minimum Gasteiger partial charge on any atom is -0.480 e. The molecule has 1 rings (SSSR count). The lowest BCUT2D eigenvalue weighted by Crippen LogP contribution is -2.32. The molecule has 3 unspecified atom stereocenters. The predicted molar refractivity (Wildman–Crippen MR) is 65.1 cm³/mol. The molecule has 1 fully saturated rings. The van der Waals surface area contributed by atoms with Crippen molar-refractivity contribution in [1.29, 1.82) is 0 Å². The number of nitrogens with two attached hydrogens (primary N) is 1. The first-order valence-corrected chi connectivity index (χ1v) is 6.51. The first-order chi connectivity index (χ1) is 7.52. The van der Waals surface area contributed by atoms with Gasteiger partial charge in [-0.25, -0.2) is 0 Å². The van der Waals surface area contributed by atoms with E-state index in [0.29, 0.717) is 12.3 Å². The molecule has 0 saturated heterocycles. The first-order valence-electron chi connectivity index (χ1n) is 6.51. The molecule has 0 heterocycles. The average molecular weight is 227 g/mol. The van der Waals surface area contributed by atoms with Crippen molar-refractivity contribution in [3.05, 3.63) is 0 Å². The Labute approximate surface area is 98.4 Å². The van der Waals surface area contributed by atoms with Gasteiger partial charge in [0.25, 0.3) is 0 Å². The van der Waals surface area contributed by atoms with Crippen LogP contribution in [0.1, 0.15) is 52.4 Å². The van der Waals surface area contributed by atoms with Crippen LogP contribution in [0.25, 0.3) is 0 Å². The Hall–Kier alpha value is -0.570. The molecule has 0 aromatic carbocycles. The summed E-state index contributed by atoms with van der Waals surface area (Å²) in [4.78, 5) is 10.7. The monoisotopic (exact) mass is 227 g/mol. The number of aliphatic carboxylic acids is 1. The molecule has 0 aliphatic heterocycles. The highest BCUT2D eigenvalue weighted by atomic mass is 16.4. The molecule has 3 nitrogen and oxygen atoms in total. The molecule has 1 aliphatic carbocycles. The van der Waals surface area contributed by atoms with Gasteiger partial charge in [0.05, 0.1) is 0 Å². The van der Waals surface area contributed by atoms with Crippen LogP contribution in [-0.2, 0) is 4.79 Å². The topological polar surface area (TPSA) is 63.3 Å². The predicted octanol–water partition coefficient (Wildman–Crippen LogP) is 2.64. The summed E-state index contributed by atoms with van der Waals surface area (Å²) < 4.78 is 0. The number of carboxylic acid groups (broad SMARTS) is 1. The van der Waals surface area contributed by atoms with Gasteiger partial charge in [-0.1, -0.05) is 33.1 Å². The van der Waals surface area contributed by atoms with Crippen molar-refractivity contribution >= 4 is 5.97 Å². The van der Waals surface area contributed by atoms with Gasteiger partial charge in [-0.05, 0) is 37.0 Å². The quantitative estimate of drug-likeness (QED) is 0.670. The number of hydrogen-bond acceptors (Lipinski definition) is 2. The van der Waals surface area contributed by atoms with Crippen molar-refractivity contribution in [2.75, 3.05) is 0 Å². The van der Waals surface area contributed by atoms with Crippen LogP contribution in [0.3, 0.4) is 0 Å². The molecule has 3 N–H and O–H groups in total. The van der Waals surface area contributed by atoms with Crippen LogP contribution in [0, 0.1) is 17.8 Å². The molecule has 3 heteroatoms. The van der Waals surface area contributed by atoms with E-state index in [-0.39, 0.29) is 0 Å². The zero-order chi connectivity index (χ0) is 12.1. The van der Waals surface area contributed by atoms with Gasteiger partial charge >= 0.3 is 5.97 Å². The summed E-state index contributed by atoms with van der Waals surface area (Å²) in [7, 11) is 0. The van der Waals surface area contributed by atoms with Crippen LogP contribution in [-0.4, -0.2) is 17.1 Å². The van der Waals surface area contributed by atoms with Crippen molar-refractivity contribution in [2.45, 2.75) is 58.4 Å². The summed E-state index contributed by atoms with van der Waals surface area (Å²) in [5.74, 6) is 1.28. The van der Waals surface area contributed by atoms with Gasteiger partial charge in [0.15, 0.2) is 0 Å². The molecular weight excluding hydrogens is 202 g/mol. The van der Waals surface area contributed by atoms with Crippen molar-refractivity contribution in [2.24, 2.45) is 23.5 Å². The fourth-order valence-electron chi connectivity index (χ4n) is 2.48. The largest absolute Gasteiger partial charge is 0.480 e. The number of carboxylic acids is 1. The Morgan fingerprint density at radius 2 is 2.06 bits per heavy atom. The maximum Gasteiger partial charge on any atom is 0.320 e. The normalized spacial score (nSPS) is 21.4. The summed E-state index contributed by atoms with van der Waals surface area (Å²) in [6, 6.07) is -0.682. The van der Waals surface area contributed by atoms with Gasteiger partial charge in [0.1, 0.15) is 6.04 Å². The molecule has 16 heavy (non-hydrogen) atoms. The third-order valence-corrected chi connectivity index (χ3v) is 3.65. The van der Waals surface area contributed by atoms with E-state index >= 15 is 0 Å². The molecule has 0 bridgehead atoms. The number of carbonyl (C=O) groups is 1. The van der Waals surface area contributed by atoms with Gasteiger partial charge in [-0.3, -0.25) is 4.79 Å². The van der Waals surface area contributed by atoms with Gasteiger partial charge in [-0.15, -0.1) is 0 Å². The third kappa shape index (κ3) is 4.97. The van der Waals surface area contributed by atoms with Gasteiger partial charge in [0.2, 0.25) is 0 Å². The molecule has 0 aromatic rings. The average Bonchev–Trinajstić information content (AvgIpc) is 3.00. The Morgan fingerprint density at radius 3 is 2.50 bits per heavy atom. The minimum absolute atomic E-state index is 0.472. The zero-order valence-corrected chi connectivity index (χ0v) is 10.5. The van der Waals surface area contributed by atoms with E-state index in [1.165, 1.54) is 19.3 Å². The van der Waals surface area contributed by atoms with Crippen LogP contribution in [0.5, 0.6) is 0 Å². The van der Waals surface area contributed by atoms with E-state index in [4.69, 9.17) is 10.8 Å². The van der Waals surface area contributed by atoms with Crippen LogP contribution in [0.15, 0.2) is 0 Å². The maximum atomic E-state index is 10.7. The zero-order valence-electron chi connectivity index (χ0n) is 10.5. The second-order valence-corrected chi connectivity index (χ2v) is 5.47. The third-order valence-electron chi connectivity index (χ3n) is 3.65. The Morgan fingerprint density at radius 1 is 1.44 bits per heavy atom. The lowest BCUT2D eigenvalue weighted by molar-refractivity contribution is -0.139. The van der Waals surface area contributed by atoms with E-state index in [2.05, 4.69) is 13.8 Å². The first kappa shape index (κ1) is 13.5. The SMILES string of the molecule is CCC(CC(C)CC1CC1)CC(N)C(=O)O. The van der Waals surface area contributed by atoms with Gasteiger partial charge in [0, 0.05) is 0 Å². The Bertz CT molecular complexity index is 226. The van der Waals surface area contributed by atoms with E-state index in [1.54, 1.807) is 0 Å². The van der Waals surface area contributed by atoms with Crippen molar-refractivity contribution in [3.8, 4) is 0 Å². The highest BCUT2D eigenvalue weighted by Gasteiger charge is 2.25. The Kier molecular flexibility index (Phi) is 5.26. The smallest absolute Gasteiger partial charge is 0.320 e. The molecule has 0 spiro atoms. The van der Waals surface area contributed by atoms with E-state index < -0.39 is 12.0 Å². The van der Waals surface area contributed by atoms with Crippen LogP contribution < -0.4 is 5.73 Å². The second kappa shape index (κ2) is 6.24. The summed E-state index contributed by atoms with van der Waals surface area (Å²) in [5, 5.41) is 8.79. The lowest BCUT2D eigenvalue weighted by Gasteiger charge is -2.21. The van der Waals surface area contributed by atoms with Crippen LogP contribution in [0.2, 0.25) is 0 Å². The van der Waals surface area contributed by atoms with Gasteiger partial charge in [-0.2, -0.15) is 0 Å². The fraction of sp³-hybridized carbons (Fsp3) is 0.923. The van der Waals surface area contributed by atoms with Gasteiger partial charge < -0.3 is 10.8 Å². The fourth-order valence-corrected chi connectivity index (χ4v) is 2.48. The molecule has 0 amide bonds. The van der Waals surface area contributed by atoms with E-state index in [9.17, 15) is 4.79 Å². The summed E-state index contributed by atoms with van der Waals surface area (Å²) >= 11 is 0. The standard InChI is InChI=1S/C13H25NO2/c1-3-10(8-12(14)13(15)16)6-9(2)7-11-4-5-11/h9-12H,3-8,14H2,1-2H3,(H,15,16). The van der Waals surface area contributed by atoms with Crippen LogP contribution >= 0.6 is 0 Å². The highest BCUT2D eigenvalue weighted by Crippen LogP contribution is 2.37. The molecule has 1 aliphatic rings. The molecule has 3 atom stereocenters. The van der Waals surface area contributed by atoms with Crippen molar-refractivity contribution in [3.63, 3.8) is 0 Å². The van der Waals surface area contributed by atoms with E-state index in [1.807, 2.05) is 0 Å².